The lowest BCUT2D eigenvalue weighted by molar-refractivity contribution is 0.167. The van der Waals surface area contributed by atoms with Crippen molar-refractivity contribution in [2.24, 2.45) is 17.8 Å². The molecule has 0 heterocycles. The molecule has 0 aliphatic heterocycles. The van der Waals surface area contributed by atoms with Gasteiger partial charge >= 0.3 is 0 Å². The largest absolute Gasteiger partial charge is 0.312 e. The van der Waals surface area contributed by atoms with E-state index in [0.29, 0.717) is 0 Å². The molecule has 1 heteroatoms. The molecule has 0 aromatic carbocycles. The third-order valence-electron chi connectivity index (χ3n) is 3.49. The maximum atomic E-state index is 3.68. The highest BCUT2D eigenvalue weighted by molar-refractivity contribution is 4.82. The molecular weight excluding hydrogens is 182 g/mol. The molecule has 1 unspecified atom stereocenters. The number of hydrogen-bond donors (Lipinski definition) is 1. The van der Waals surface area contributed by atoms with Crippen LogP contribution in [0.2, 0.25) is 0 Å². The summed E-state index contributed by atoms with van der Waals surface area (Å²) in [5.41, 5.74) is 0.277. The Morgan fingerprint density at radius 1 is 1.20 bits per heavy atom. The van der Waals surface area contributed by atoms with E-state index in [0.717, 1.165) is 17.8 Å². The van der Waals surface area contributed by atoms with Crippen molar-refractivity contribution < 1.29 is 0 Å². The summed E-state index contributed by atoms with van der Waals surface area (Å²) in [6, 6.07) is 0. The quantitative estimate of drug-likeness (QED) is 0.728. The van der Waals surface area contributed by atoms with Crippen LogP contribution >= 0.6 is 0 Å². The fourth-order valence-electron chi connectivity index (χ4n) is 2.40. The second-order valence-corrected chi connectivity index (χ2v) is 6.71. The second-order valence-electron chi connectivity index (χ2n) is 6.71. The van der Waals surface area contributed by atoms with E-state index < -0.39 is 0 Å². The van der Waals surface area contributed by atoms with E-state index >= 15 is 0 Å². The van der Waals surface area contributed by atoms with Crippen LogP contribution in [0.3, 0.4) is 0 Å². The Morgan fingerprint density at radius 2 is 1.80 bits per heavy atom. The van der Waals surface area contributed by atoms with E-state index in [2.05, 4.69) is 39.9 Å². The summed E-state index contributed by atoms with van der Waals surface area (Å²) >= 11 is 0. The molecule has 1 aliphatic carbocycles. The van der Waals surface area contributed by atoms with Crippen LogP contribution in [-0.2, 0) is 0 Å². The van der Waals surface area contributed by atoms with E-state index in [-0.39, 0.29) is 5.54 Å². The molecule has 0 spiro atoms. The van der Waals surface area contributed by atoms with Crippen molar-refractivity contribution >= 4 is 0 Å². The molecule has 1 N–H and O–H groups in total. The van der Waals surface area contributed by atoms with E-state index in [1.54, 1.807) is 0 Å². The minimum atomic E-state index is 0.277. The summed E-state index contributed by atoms with van der Waals surface area (Å²) in [6.45, 7) is 12.7. The van der Waals surface area contributed by atoms with Gasteiger partial charge in [-0.1, -0.05) is 33.1 Å². The minimum Gasteiger partial charge on any atom is -0.312 e. The molecule has 0 aromatic rings. The van der Waals surface area contributed by atoms with Gasteiger partial charge in [0.25, 0.3) is 0 Å². The molecule has 15 heavy (non-hydrogen) atoms. The highest BCUT2D eigenvalue weighted by atomic mass is 14.9. The smallest absolute Gasteiger partial charge is 0.00966 e. The third-order valence-corrected chi connectivity index (χ3v) is 3.49. The van der Waals surface area contributed by atoms with Gasteiger partial charge in [-0.15, -0.1) is 0 Å². The summed E-state index contributed by atoms with van der Waals surface area (Å²) in [5, 5.41) is 3.68. The van der Waals surface area contributed by atoms with Gasteiger partial charge in [0, 0.05) is 5.54 Å². The summed E-state index contributed by atoms with van der Waals surface area (Å²) in [5.74, 6) is 2.78. The third kappa shape index (κ3) is 5.01. The van der Waals surface area contributed by atoms with Gasteiger partial charge in [-0.25, -0.2) is 0 Å². The molecule has 1 nitrogen and oxygen atoms in total. The van der Waals surface area contributed by atoms with Crippen LogP contribution in [0.5, 0.6) is 0 Å². The van der Waals surface area contributed by atoms with Gasteiger partial charge in [0.15, 0.2) is 0 Å². The lowest BCUT2D eigenvalue weighted by atomic mass is 9.73. The lowest BCUT2D eigenvalue weighted by Crippen LogP contribution is -2.42. The van der Waals surface area contributed by atoms with Crippen molar-refractivity contribution in [3.05, 3.63) is 0 Å². The zero-order valence-electron chi connectivity index (χ0n) is 11.3. The van der Waals surface area contributed by atoms with E-state index in [1.165, 1.54) is 32.2 Å². The minimum absolute atomic E-state index is 0.277. The molecule has 90 valence electrons. The molecular formula is C14H29N. The van der Waals surface area contributed by atoms with Crippen molar-refractivity contribution in [1.29, 1.82) is 0 Å². The predicted molar refractivity (Wildman–Crippen MR) is 68.0 cm³/mol. The lowest BCUT2D eigenvalue weighted by Gasteiger charge is -2.36. The summed E-state index contributed by atoms with van der Waals surface area (Å²) in [4.78, 5) is 0. The van der Waals surface area contributed by atoms with Crippen LogP contribution in [0.25, 0.3) is 0 Å². The number of hydrogen-bond acceptors (Lipinski definition) is 1. The predicted octanol–water partition coefficient (Wildman–Crippen LogP) is 3.84. The zero-order valence-corrected chi connectivity index (χ0v) is 11.3. The first-order valence-corrected chi connectivity index (χ1v) is 6.63. The number of nitrogens with one attached hydrogen (secondary N) is 1. The van der Waals surface area contributed by atoms with Crippen LogP contribution < -0.4 is 5.32 Å². The van der Waals surface area contributed by atoms with Crippen LogP contribution in [0.15, 0.2) is 0 Å². The Morgan fingerprint density at radius 3 is 2.13 bits per heavy atom. The van der Waals surface area contributed by atoms with Crippen LogP contribution in [0, 0.1) is 17.8 Å². The topological polar surface area (TPSA) is 12.0 Å². The Kier molecular flexibility index (Phi) is 4.64. The first-order valence-electron chi connectivity index (χ1n) is 6.63. The van der Waals surface area contributed by atoms with Gasteiger partial charge in [-0.2, -0.15) is 0 Å². The molecule has 0 saturated heterocycles. The van der Waals surface area contributed by atoms with Crippen molar-refractivity contribution in [3.63, 3.8) is 0 Å². The maximum Gasteiger partial charge on any atom is 0.00966 e. The molecule has 0 radical (unpaired) electrons. The molecule has 1 atom stereocenters. The zero-order chi connectivity index (χ0) is 11.5. The maximum absolute atomic E-state index is 3.68. The molecule has 1 aliphatic rings. The highest BCUT2D eigenvalue weighted by Crippen LogP contribution is 2.36. The Balaban J connectivity index is 2.35. The Labute approximate surface area is 96.0 Å². The SMILES string of the molecule is CC(C)CC(CNC(C)(C)C)C1CCC1. The van der Waals surface area contributed by atoms with Gasteiger partial charge in [0.05, 0.1) is 0 Å². The Hall–Kier alpha value is -0.0400. The van der Waals surface area contributed by atoms with Crippen molar-refractivity contribution in [1.82, 2.24) is 5.32 Å². The Bertz CT molecular complexity index is 174. The van der Waals surface area contributed by atoms with E-state index in [1.807, 2.05) is 0 Å². The first kappa shape index (κ1) is 13.0. The summed E-state index contributed by atoms with van der Waals surface area (Å²) in [6.07, 6.45) is 5.81. The molecule has 1 rings (SSSR count). The summed E-state index contributed by atoms with van der Waals surface area (Å²) < 4.78 is 0. The van der Waals surface area contributed by atoms with Crippen LogP contribution in [0.4, 0.5) is 0 Å². The highest BCUT2D eigenvalue weighted by Gasteiger charge is 2.28. The van der Waals surface area contributed by atoms with Crippen LogP contribution in [-0.4, -0.2) is 12.1 Å². The monoisotopic (exact) mass is 211 g/mol. The molecule has 0 amide bonds. The summed E-state index contributed by atoms with van der Waals surface area (Å²) in [7, 11) is 0. The average Bonchev–Trinajstić information content (AvgIpc) is 1.94. The normalized spacial score (nSPS) is 20.4. The molecule has 1 saturated carbocycles. The van der Waals surface area contributed by atoms with Gasteiger partial charge < -0.3 is 5.32 Å². The van der Waals surface area contributed by atoms with Crippen molar-refractivity contribution in [3.8, 4) is 0 Å². The van der Waals surface area contributed by atoms with Gasteiger partial charge in [-0.3, -0.25) is 0 Å². The van der Waals surface area contributed by atoms with Crippen LogP contribution in [0.1, 0.15) is 60.3 Å². The van der Waals surface area contributed by atoms with Gasteiger partial charge in [-0.05, 0) is 51.5 Å². The number of rotatable bonds is 5. The molecule has 0 bridgehead atoms. The average molecular weight is 211 g/mol. The molecule has 0 aromatic heterocycles. The van der Waals surface area contributed by atoms with E-state index in [4.69, 9.17) is 0 Å². The first-order chi connectivity index (χ1) is 6.88. The second kappa shape index (κ2) is 5.34. The van der Waals surface area contributed by atoms with Gasteiger partial charge in [0.1, 0.15) is 0 Å². The van der Waals surface area contributed by atoms with Gasteiger partial charge in [0.2, 0.25) is 0 Å². The fraction of sp³-hybridized carbons (Fsp3) is 1.00. The van der Waals surface area contributed by atoms with Crippen molar-refractivity contribution in [2.75, 3.05) is 6.54 Å². The standard InChI is InChI=1S/C14H29N/c1-11(2)9-13(12-7-6-8-12)10-15-14(3,4)5/h11-13,15H,6-10H2,1-5H3. The van der Waals surface area contributed by atoms with Crippen molar-refractivity contribution in [2.45, 2.75) is 65.8 Å². The molecule has 1 fully saturated rings. The fourth-order valence-corrected chi connectivity index (χ4v) is 2.40. The van der Waals surface area contributed by atoms with E-state index in [9.17, 15) is 0 Å².